The molecule has 0 aliphatic heterocycles. The van der Waals surface area contributed by atoms with Crippen LogP contribution < -0.4 is 9.80 Å². The van der Waals surface area contributed by atoms with E-state index in [9.17, 15) is 0 Å². The maximum Gasteiger partial charge on any atom is 0.411 e. The van der Waals surface area contributed by atoms with E-state index < -0.39 is 28.9 Å². The lowest BCUT2D eigenvalue weighted by molar-refractivity contribution is -0.288. The van der Waals surface area contributed by atoms with E-state index in [2.05, 4.69) is 35.4 Å². The Morgan fingerprint density at radius 2 is 0.655 bits per heavy atom. The average molecular weight is 1170 g/mol. The van der Waals surface area contributed by atoms with Gasteiger partial charge in [-0.1, -0.05) is 203 Å². The molecule has 448 valence electrons. The minimum absolute atomic E-state index is 0.334. The van der Waals surface area contributed by atoms with Gasteiger partial charge in [0.05, 0.1) is 22.1 Å². The maximum atomic E-state index is 16.0. The number of hydrogen-bond acceptors (Lipinski definition) is 2. The van der Waals surface area contributed by atoms with Crippen LogP contribution in [0.1, 0.15) is 91.5 Å². The van der Waals surface area contributed by atoms with Crippen molar-refractivity contribution < 1.29 is 26.3 Å². The normalized spacial score (nSPS) is 11.9. The Hall–Kier alpha value is -9.54. The van der Waals surface area contributed by atoms with Crippen molar-refractivity contribution in [3.05, 3.63) is 279 Å². The molecule has 10 heteroatoms. The fourth-order valence-electron chi connectivity index (χ4n) is 10.9. The summed E-state index contributed by atoms with van der Waals surface area (Å²) in [6.45, 7) is 35.5. The highest BCUT2D eigenvalue weighted by Gasteiger charge is 2.72. The van der Waals surface area contributed by atoms with Gasteiger partial charge in [-0.15, -0.1) is 0 Å². The monoisotopic (exact) mass is 1170 g/mol. The number of aromatic nitrogens is 2. The van der Waals surface area contributed by atoms with Crippen LogP contribution in [-0.4, -0.2) is 21.5 Å². The number of alkyl halides is 6. The smallest absolute Gasteiger partial charge is 0.310 e. The highest BCUT2D eigenvalue weighted by atomic mass is 19.4. The number of anilines is 6. The largest absolute Gasteiger partial charge is 0.411 e. The first-order valence-corrected chi connectivity index (χ1v) is 29.6. The molecule has 0 unspecified atom stereocenters. The summed E-state index contributed by atoms with van der Waals surface area (Å²) in [5, 5.41) is 3.64. The predicted octanol–water partition coefficient (Wildman–Crippen LogP) is 24.8. The van der Waals surface area contributed by atoms with Crippen molar-refractivity contribution >= 4 is 101 Å². The number of allylic oxidation sites excluding steroid dienone is 10. The van der Waals surface area contributed by atoms with E-state index in [-0.39, 0.29) is 0 Å². The molecule has 0 aliphatic rings. The molecular weight excluding hydrogens is 1090 g/mol. The Bertz CT molecular complexity index is 3800. The molecule has 0 aliphatic carbocycles. The van der Waals surface area contributed by atoms with Crippen LogP contribution in [0.4, 0.5) is 60.5 Å². The summed E-state index contributed by atoms with van der Waals surface area (Å²) in [6, 6.07) is 51.3. The van der Waals surface area contributed by atoms with Gasteiger partial charge < -0.3 is 18.9 Å². The predicted molar refractivity (Wildman–Crippen MR) is 365 cm³/mol. The Balaban J connectivity index is 0.00000145. The van der Waals surface area contributed by atoms with E-state index in [0.29, 0.717) is 34.1 Å². The summed E-state index contributed by atoms with van der Waals surface area (Å²) in [5.74, 6) is 0. The number of para-hydroxylation sites is 2. The molecular formula is C77H78F6N4. The summed E-state index contributed by atoms with van der Waals surface area (Å²) >= 11 is 0. The molecule has 0 spiro atoms. The zero-order chi connectivity index (χ0) is 63.6. The summed E-state index contributed by atoms with van der Waals surface area (Å²) < 4.78 is 100. The van der Waals surface area contributed by atoms with Crippen LogP contribution in [0.5, 0.6) is 0 Å². The molecule has 2 aromatic heterocycles. The summed E-state index contributed by atoms with van der Waals surface area (Å²) in [4.78, 5) is 3.63. The number of nitrogens with zero attached hydrogens (tertiary/aromatic N) is 4. The number of rotatable bonds is 16. The zero-order valence-electron chi connectivity index (χ0n) is 51.5. The second-order valence-electron chi connectivity index (χ2n) is 18.9. The van der Waals surface area contributed by atoms with E-state index in [0.717, 1.165) is 90.4 Å². The topological polar surface area (TPSA) is 16.3 Å². The Kier molecular flexibility index (Phi) is 23.0. The molecule has 87 heavy (non-hydrogen) atoms. The molecule has 0 saturated heterocycles. The molecule has 0 bridgehead atoms. The van der Waals surface area contributed by atoms with Gasteiger partial charge in [-0.05, 0) is 157 Å². The standard InChI is InChI=1S/C69H54F6N4.4C2H6/c1-7-17-51(18-8-2)78-63-23-15-13-21-59(63)61-45-57(41-43-65(61)78)76(53-33-25-47(11-5)26-34-53)55-37-29-49(30-38-55)67(68(70,71)72,69(73,74)75)50-31-39-56(40-32-50)77(54-35-27-48(12-6)28-36-54)58-42-44-66-62(46-58)60-22-14-16-24-64(60)79(66)52(19-9-3)20-10-4;4*1-2/h7-46H,1,3,5-6H2,2,4H3;4*1-2H3/b18-8-,20-10-,51-17+,52-19+;;;;. The third-order valence-electron chi connectivity index (χ3n) is 14.3. The van der Waals surface area contributed by atoms with E-state index >= 15 is 26.3 Å². The van der Waals surface area contributed by atoms with Crippen molar-refractivity contribution in [1.29, 1.82) is 0 Å². The Morgan fingerprint density at radius 1 is 0.368 bits per heavy atom. The van der Waals surface area contributed by atoms with Gasteiger partial charge in [-0.3, -0.25) is 0 Å². The van der Waals surface area contributed by atoms with Crippen LogP contribution in [0.2, 0.25) is 0 Å². The molecule has 10 aromatic rings. The molecule has 4 nitrogen and oxygen atoms in total. The Labute approximate surface area is 510 Å². The van der Waals surface area contributed by atoms with Gasteiger partial charge in [0.25, 0.3) is 0 Å². The molecule has 0 saturated carbocycles. The number of benzene rings is 8. The highest BCUT2D eigenvalue weighted by Crippen LogP contribution is 2.57. The molecule has 0 atom stereocenters. The lowest BCUT2D eigenvalue weighted by atomic mass is 9.72. The van der Waals surface area contributed by atoms with Gasteiger partial charge in [-0.25, -0.2) is 0 Å². The fourth-order valence-corrected chi connectivity index (χ4v) is 10.9. The van der Waals surface area contributed by atoms with Gasteiger partial charge in [0.15, 0.2) is 0 Å². The average Bonchev–Trinajstić information content (AvgIpc) is 1.30. The molecule has 8 aromatic carbocycles. The molecule has 0 fully saturated rings. The lowest BCUT2D eigenvalue weighted by Crippen LogP contribution is -2.54. The van der Waals surface area contributed by atoms with Gasteiger partial charge >= 0.3 is 12.4 Å². The maximum absolute atomic E-state index is 16.0. The second-order valence-corrected chi connectivity index (χ2v) is 18.9. The first-order chi connectivity index (χ1) is 42.2. The number of halogens is 6. The molecule has 0 amide bonds. The van der Waals surface area contributed by atoms with E-state index in [1.807, 2.05) is 249 Å². The highest BCUT2D eigenvalue weighted by molar-refractivity contribution is 6.13. The molecule has 2 heterocycles. The fraction of sp³-hybridized carbons (Fsp3) is 0.169. The summed E-state index contributed by atoms with van der Waals surface area (Å²) in [6.07, 6.45) is 6.80. The van der Waals surface area contributed by atoms with Crippen molar-refractivity contribution in [3.8, 4) is 0 Å². The first-order valence-electron chi connectivity index (χ1n) is 29.6. The number of hydrogen-bond donors (Lipinski definition) is 0. The van der Waals surface area contributed by atoms with Gasteiger partial charge in [0, 0.05) is 67.1 Å². The summed E-state index contributed by atoms with van der Waals surface area (Å²) in [5.41, 5.74) is 3.78. The van der Waals surface area contributed by atoms with Crippen molar-refractivity contribution in [2.75, 3.05) is 9.80 Å². The van der Waals surface area contributed by atoms with Crippen LogP contribution in [0, 0.1) is 0 Å². The van der Waals surface area contributed by atoms with Gasteiger partial charge in [-0.2, -0.15) is 26.3 Å². The lowest BCUT2D eigenvalue weighted by Gasteiger charge is -2.39. The van der Waals surface area contributed by atoms with Crippen LogP contribution in [-0.2, 0) is 5.41 Å². The van der Waals surface area contributed by atoms with E-state index in [4.69, 9.17) is 0 Å². The Morgan fingerprint density at radius 3 is 0.943 bits per heavy atom. The minimum Gasteiger partial charge on any atom is -0.310 e. The third kappa shape index (κ3) is 13.0. The van der Waals surface area contributed by atoms with E-state index in [1.54, 1.807) is 24.3 Å². The second kappa shape index (κ2) is 30.0. The third-order valence-corrected chi connectivity index (χ3v) is 14.3. The SMILES string of the molecule is C=C/C=C(\C=C/C)n1c2ccccc2c2cc(N(c3ccc(C=C)cc3)c3ccc(C(c4ccc(N(c5ccc(C=C)cc5)c5ccc6c(c5)c5ccccc5n6C(/C=C\C)=C/C=C)cc4)(C(F)(F)F)C(F)(F)F)cc3)ccc21.CC.CC.CC.CC. The van der Waals surface area contributed by atoms with Gasteiger partial charge in [0.1, 0.15) is 0 Å². The van der Waals surface area contributed by atoms with Crippen LogP contribution in [0.25, 0.3) is 67.2 Å². The molecule has 0 radical (unpaired) electrons. The zero-order valence-corrected chi connectivity index (χ0v) is 51.5. The van der Waals surface area contributed by atoms with Crippen molar-refractivity contribution in [2.24, 2.45) is 0 Å². The number of fused-ring (bicyclic) bond motifs is 6. The van der Waals surface area contributed by atoms with E-state index in [1.165, 1.54) is 24.3 Å². The summed E-state index contributed by atoms with van der Waals surface area (Å²) in [7, 11) is 0. The first kappa shape index (κ1) is 66.6. The van der Waals surface area contributed by atoms with Crippen molar-refractivity contribution in [3.63, 3.8) is 0 Å². The van der Waals surface area contributed by atoms with Gasteiger partial charge in [0.2, 0.25) is 5.41 Å². The quantitative estimate of drug-likeness (QED) is 0.0708. The molecule has 0 N–H and O–H groups in total. The van der Waals surface area contributed by atoms with Crippen LogP contribution in [0.3, 0.4) is 0 Å². The minimum atomic E-state index is -5.84. The van der Waals surface area contributed by atoms with Crippen LogP contribution >= 0.6 is 0 Å². The van der Waals surface area contributed by atoms with Crippen molar-refractivity contribution in [1.82, 2.24) is 9.13 Å². The van der Waals surface area contributed by atoms with Crippen LogP contribution in [0.15, 0.2) is 257 Å². The van der Waals surface area contributed by atoms with Crippen molar-refractivity contribution in [2.45, 2.75) is 87.0 Å². The molecule has 10 rings (SSSR count).